The Balaban J connectivity index is 1.76. The molecule has 0 fully saturated rings. The first-order valence-electron chi connectivity index (χ1n) is 9.12. The predicted octanol–water partition coefficient (Wildman–Crippen LogP) is 7.14. The third-order valence-corrected chi connectivity index (χ3v) is 4.57. The van der Waals surface area contributed by atoms with Crippen molar-refractivity contribution in [3.8, 4) is 0 Å². The van der Waals surface area contributed by atoms with E-state index in [2.05, 4.69) is 107 Å². The van der Waals surface area contributed by atoms with Crippen LogP contribution in [0, 0.1) is 34.6 Å². The van der Waals surface area contributed by atoms with Gasteiger partial charge in [-0.25, -0.2) is 0 Å². The van der Waals surface area contributed by atoms with Crippen molar-refractivity contribution in [1.29, 1.82) is 0 Å². The van der Waals surface area contributed by atoms with Gasteiger partial charge in [-0.3, -0.25) is 0 Å². The van der Waals surface area contributed by atoms with Crippen LogP contribution in [0.2, 0.25) is 0 Å². The summed E-state index contributed by atoms with van der Waals surface area (Å²) >= 11 is 0. The van der Waals surface area contributed by atoms with Crippen molar-refractivity contribution in [2.45, 2.75) is 34.6 Å². The van der Waals surface area contributed by atoms with Crippen LogP contribution in [0.15, 0.2) is 54.6 Å². The number of rotatable bonds is 4. The third-order valence-electron chi connectivity index (χ3n) is 4.57. The highest BCUT2D eigenvalue weighted by Gasteiger charge is 2.04. The summed E-state index contributed by atoms with van der Waals surface area (Å²) in [6.45, 7) is 10.7. The first kappa shape index (κ1) is 18.0. The van der Waals surface area contributed by atoms with Gasteiger partial charge in [0.05, 0.1) is 0 Å². The molecule has 0 aliphatic rings. The van der Waals surface area contributed by atoms with E-state index in [1.54, 1.807) is 0 Å². The molecule has 0 atom stereocenters. The van der Waals surface area contributed by atoms with E-state index >= 15 is 0 Å². The van der Waals surface area contributed by atoms with Crippen LogP contribution in [0.4, 0.5) is 11.4 Å². The molecule has 0 amide bonds. The summed E-state index contributed by atoms with van der Waals surface area (Å²) < 4.78 is 0. The lowest BCUT2D eigenvalue weighted by Crippen LogP contribution is -1.97. The maximum absolute atomic E-state index is 3.56. The lowest BCUT2D eigenvalue weighted by molar-refractivity contribution is 1.31. The molecule has 0 saturated heterocycles. The summed E-state index contributed by atoms with van der Waals surface area (Å²) in [5.41, 5.74) is 11.2. The van der Waals surface area contributed by atoms with Crippen molar-refractivity contribution in [3.63, 3.8) is 0 Å². The Kier molecular flexibility index (Phi) is 5.27. The normalized spacial score (nSPS) is 11.1. The fourth-order valence-corrected chi connectivity index (χ4v) is 3.50. The monoisotopic (exact) mass is 341 g/mol. The summed E-state index contributed by atoms with van der Waals surface area (Å²) in [6.07, 6.45) is 4.34. The Labute approximate surface area is 157 Å². The molecule has 1 N–H and O–H groups in total. The Bertz CT molecular complexity index is 903. The van der Waals surface area contributed by atoms with E-state index in [1.807, 2.05) is 0 Å². The lowest BCUT2D eigenvalue weighted by atomic mass is 10.0. The van der Waals surface area contributed by atoms with E-state index in [1.165, 1.54) is 44.6 Å². The average Bonchev–Trinajstić information content (AvgIpc) is 2.56. The highest BCUT2D eigenvalue weighted by Crippen LogP contribution is 2.26. The van der Waals surface area contributed by atoms with Gasteiger partial charge in [-0.1, -0.05) is 71.3 Å². The van der Waals surface area contributed by atoms with E-state index < -0.39 is 0 Å². The molecule has 0 spiro atoms. The Morgan fingerprint density at radius 2 is 1.08 bits per heavy atom. The van der Waals surface area contributed by atoms with E-state index in [-0.39, 0.29) is 0 Å². The molecule has 26 heavy (non-hydrogen) atoms. The van der Waals surface area contributed by atoms with Crippen LogP contribution in [0.3, 0.4) is 0 Å². The average molecular weight is 341 g/mol. The Morgan fingerprint density at radius 1 is 0.577 bits per heavy atom. The van der Waals surface area contributed by atoms with Crippen molar-refractivity contribution in [1.82, 2.24) is 0 Å². The summed E-state index contributed by atoms with van der Waals surface area (Å²) in [6, 6.07) is 19.6. The number of aryl methyl sites for hydroxylation is 5. The van der Waals surface area contributed by atoms with Crippen molar-refractivity contribution in [2.75, 3.05) is 5.32 Å². The van der Waals surface area contributed by atoms with Gasteiger partial charge in [-0.15, -0.1) is 0 Å². The van der Waals surface area contributed by atoms with Gasteiger partial charge in [0.15, 0.2) is 0 Å². The van der Waals surface area contributed by atoms with E-state index in [0.29, 0.717) is 0 Å². The topological polar surface area (TPSA) is 12.0 Å². The zero-order chi connectivity index (χ0) is 18.7. The SMILES string of the molecule is Cc1cc(C)cc(/C=C/c2ccc(Nc3c(C)cc(C)cc3C)cc2)c1. The molecular formula is C25H27N. The number of nitrogens with one attached hydrogen (secondary N) is 1. The first-order valence-corrected chi connectivity index (χ1v) is 9.12. The number of hydrogen-bond acceptors (Lipinski definition) is 1. The van der Waals surface area contributed by atoms with Crippen LogP contribution in [0.1, 0.15) is 38.9 Å². The van der Waals surface area contributed by atoms with E-state index in [0.717, 1.165) is 5.69 Å². The molecule has 1 heteroatoms. The highest BCUT2D eigenvalue weighted by atomic mass is 14.9. The highest BCUT2D eigenvalue weighted by molar-refractivity contribution is 5.72. The molecule has 0 aromatic heterocycles. The summed E-state index contributed by atoms with van der Waals surface area (Å²) in [4.78, 5) is 0. The van der Waals surface area contributed by atoms with E-state index in [9.17, 15) is 0 Å². The van der Waals surface area contributed by atoms with Gasteiger partial charge in [0.1, 0.15) is 0 Å². The zero-order valence-corrected chi connectivity index (χ0v) is 16.4. The lowest BCUT2D eigenvalue weighted by Gasteiger charge is -2.14. The van der Waals surface area contributed by atoms with Crippen molar-refractivity contribution >= 4 is 23.5 Å². The smallest absolute Gasteiger partial charge is 0.0443 e. The number of hydrogen-bond donors (Lipinski definition) is 1. The largest absolute Gasteiger partial charge is 0.355 e. The van der Waals surface area contributed by atoms with Crippen LogP contribution in [0.5, 0.6) is 0 Å². The van der Waals surface area contributed by atoms with Gasteiger partial charge in [-0.05, 0) is 69.0 Å². The zero-order valence-electron chi connectivity index (χ0n) is 16.4. The van der Waals surface area contributed by atoms with Gasteiger partial charge in [0.2, 0.25) is 0 Å². The summed E-state index contributed by atoms with van der Waals surface area (Å²) in [7, 11) is 0. The first-order chi connectivity index (χ1) is 12.4. The second kappa shape index (κ2) is 7.61. The minimum Gasteiger partial charge on any atom is -0.355 e. The van der Waals surface area contributed by atoms with Crippen molar-refractivity contribution < 1.29 is 0 Å². The molecule has 0 bridgehead atoms. The molecule has 132 valence electrons. The second-order valence-corrected chi connectivity index (χ2v) is 7.28. The quantitative estimate of drug-likeness (QED) is 0.497. The summed E-state index contributed by atoms with van der Waals surface area (Å²) in [5.74, 6) is 0. The molecule has 0 unspecified atom stereocenters. The maximum atomic E-state index is 3.56. The molecule has 1 nitrogen and oxygen atoms in total. The van der Waals surface area contributed by atoms with Gasteiger partial charge in [0.25, 0.3) is 0 Å². The number of anilines is 2. The fraction of sp³-hybridized carbons (Fsp3) is 0.200. The fourth-order valence-electron chi connectivity index (χ4n) is 3.50. The van der Waals surface area contributed by atoms with Gasteiger partial charge in [-0.2, -0.15) is 0 Å². The minimum absolute atomic E-state index is 1.11. The summed E-state index contributed by atoms with van der Waals surface area (Å²) in [5, 5.41) is 3.56. The number of benzene rings is 3. The molecule has 0 heterocycles. The van der Waals surface area contributed by atoms with Crippen LogP contribution in [0.25, 0.3) is 12.2 Å². The standard InChI is InChI=1S/C25H27N/c1-17-12-18(2)16-23(15-17)7-6-22-8-10-24(11-9-22)26-25-20(4)13-19(3)14-21(25)5/h6-16,26H,1-5H3/b7-6+. The van der Waals surface area contributed by atoms with Gasteiger partial charge in [0, 0.05) is 11.4 Å². The van der Waals surface area contributed by atoms with Crippen LogP contribution in [-0.2, 0) is 0 Å². The molecular weight excluding hydrogens is 314 g/mol. The molecule has 3 aromatic carbocycles. The van der Waals surface area contributed by atoms with Gasteiger partial charge < -0.3 is 5.32 Å². The third kappa shape index (κ3) is 4.43. The Hall–Kier alpha value is -2.80. The second-order valence-electron chi connectivity index (χ2n) is 7.28. The molecule has 0 radical (unpaired) electrons. The minimum atomic E-state index is 1.11. The Morgan fingerprint density at radius 3 is 1.65 bits per heavy atom. The van der Waals surface area contributed by atoms with Crippen molar-refractivity contribution in [3.05, 3.63) is 93.5 Å². The molecule has 0 aliphatic carbocycles. The van der Waals surface area contributed by atoms with Crippen LogP contribution >= 0.6 is 0 Å². The molecule has 3 aromatic rings. The van der Waals surface area contributed by atoms with Gasteiger partial charge >= 0.3 is 0 Å². The predicted molar refractivity (Wildman–Crippen MR) is 115 cm³/mol. The van der Waals surface area contributed by atoms with Crippen molar-refractivity contribution in [2.24, 2.45) is 0 Å². The van der Waals surface area contributed by atoms with Crippen LogP contribution < -0.4 is 5.32 Å². The molecule has 0 aliphatic heterocycles. The van der Waals surface area contributed by atoms with E-state index in [4.69, 9.17) is 0 Å². The van der Waals surface area contributed by atoms with Crippen LogP contribution in [-0.4, -0.2) is 0 Å². The maximum Gasteiger partial charge on any atom is 0.0443 e. The molecule has 0 saturated carbocycles. The molecule has 3 rings (SSSR count).